The van der Waals surface area contributed by atoms with Crippen LogP contribution in [0.1, 0.15) is 22.3 Å². The average Bonchev–Trinajstić information content (AvgIpc) is 2.47. The van der Waals surface area contributed by atoms with E-state index in [9.17, 15) is 9.18 Å². The molecule has 110 valence electrons. The number of nitrogens with zero attached hydrogens (tertiary/aromatic N) is 1. The van der Waals surface area contributed by atoms with Crippen molar-refractivity contribution in [3.63, 3.8) is 0 Å². The van der Waals surface area contributed by atoms with Crippen molar-refractivity contribution in [2.45, 2.75) is 13.3 Å². The molecule has 4 nitrogen and oxygen atoms in total. The molecule has 1 N–H and O–H groups in total. The van der Waals surface area contributed by atoms with Gasteiger partial charge in [-0.1, -0.05) is 0 Å². The van der Waals surface area contributed by atoms with Crippen LogP contribution in [0, 0.1) is 12.7 Å². The Labute approximate surface area is 118 Å². The second kappa shape index (κ2) is 7.36. The fraction of sp³-hybridized carbons (Fsp3) is 0.533. The minimum atomic E-state index is -0.283. The van der Waals surface area contributed by atoms with Crippen LogP contribution in [0.25, 0.3) is 0 Å². The first kappa shape index (κ1) is 14.9. The molecule has 1 aliphatic rings. The fourth-order valence-corrected chi connectivity index (χ4v) is 2.22. The SMILES string of the molecule is Cc1cc(C(=O)NCCCN2CCOCC2)ccc1F. The molecule has 2 rings (SSSR count). The Morgan fingerprint density at radius 1 is 1.40 bits per heavy atom. The number of carbonyl (C=O) groups excluding carboxylic acids is 1. The predicted octanol–water partition coefficient (Wildman–Crippen LogP) is 1.59. The van der Waals surface area contributed by atoms with E-state index in [0.29, 0.717) is 17.7 Å². The lowest BCUT2D eigenvalue weighted by atomic mass is 10.1. The molecule has 5 heteroatoms. The molecular weight excluding hydrogens is 259 g/mol. The van der Waals surface area contributed by atoms with Gasteiger partial charge in [0.15, 0.2) is 0 Å². The normalized spacial score (nSPS) is 16.1. The van der Waals surface area contributed by atoms with Gasteiger partial charge in [-0.2, -0.15) is 0 Å². The molecule has 1 amide bonds. The van der Waals surface area contributed by atoms with Crippen LogP contribution in [0.5, 0.6) is 0 Å². The number of nitrogens with one attached hydrogen (secondary N) is 1. The highest BCUT2D eigenvalue weighted by atomic mass is 19.1. The van der Waals surface area contributed by atoms with E-state index in [1.165, 1.54) is 12.1 Å². The Bertz CT molecular complexity index is 459. The first-order valence-corrected chi connectivity index (χ1v) is 7.01. The highest BCUT2D eigenvalue weighted by Gasteiger charge is 2.10. The Balaban J connectivity index is 1.70. The molecule has 0 aliphatic carbocycles. The van der Waals surface area contributed by atoms with Crippen molar-refractivity contribution >= 4 is 5.91 Å². The minimum absolute atomic E-state index is 0.143. The van der Waals surface area contributed by atoms with Crippen LogP contribution < -0.4 is 5.32 Å². The van der Waals surface area contributed by atoms with Gasteiger partial charge in [0.05, 0.1) is 13.2 Å². The fourth-order valence-electron chi connectivity index (χ4n) is 2.22. The summed E-state index contributed by atoms with van der Waals surface area (Å²) in [5.41, 5.74) is 1.00. The van der Waals surface area contributed by atoms with Crippen LogP contribution in [-0.2, 0) is 4.74 Å². The molecule has 1 aromatic carbocycles. The van der Waals surface area contributed by atoms with Crippen molar-refractivity contribution < 1.29 is 13.9 Å². The van der Waals surface area contributed by atoms with Crippen molar-refractivity contribution in [2.75, 3.05) is 39.4 Å². The molecule has 0 bridgehead atoms. The smallest absolute Gasteiger partial charge is 0.251 e. The van der Waals surface area contributed by atoms with E-state index < -0.39 is 0 Å². The first-order valence-electron chi connectivity index (χ1n) is 7.01. The molecule has 0 atom stereocenters. The zero-order valence-electron chi connectivity index (χ0n) is 11.8. The number of rotatable bonds is 5. The number of hydrogen-bond donors (Lipinski definition) is 1. The van der Waals surface area contributed by atoms with Gasteiger partial charge < -0.3 is 10.1 Å². The van der Waals surface area contributed by atoms with E-state index in [2.05, 4.69) is 10.2 Å². The maximum absolute atomic E-state index is 13.1. The van der Waals surface area contributed by atoms with E-state index in [-0.39, 0.29) is 11.7 Å². The Kier molecular flexibility index (Phi) is 5.49. The summed E-state index contributed by atoms with van der Waals surface area (Å²) in [6.45, 7) is 6.77. The summed E-state index contributed by atoms with van der Waals surface area (Å²) in [6.07, 6.45) is 0.909. The van der Waals surface area contributed by atoms with Gasteiger partial charge in [-0.3, -0.25) is 9.69 Å². The van der Waals surface area contributed by atoms with Gasteiger partial charge in [0, 0.05) is 25.2 Å². The van der Waals surface area contributed by atoms with Gasteiger partial charge >= 0.3 is 0 Å². The molecule has 0 aromatic heterocycles. The maximum atomic E-state index is 13.1. The molecule has 0 unspecified atom stereocenters. The molecule has 20 heavy (non-hydrogen) atoms. The van der Waals surface area contributed by atoms with Crippen molar-refractivity contribution in [1.29, 1.82) is 0 Å². The van der Waals surface area contributed by atoms with Gasteiger partial charge in [0.1, 0.15) is 5.82 Å². The molecule has 1 heterocycles. The molecule has 1 aromatic rings. The highest BCUT2D eigenvalue weighted by Crippen LogP contribution is 2.09. The zero-order chi connectivity index (χ0) is 14.4. The number of aryl methyl sites for hydroxylation is 1. The third-order valence-electron chi connectivity index (χ3n) is 3.46. The van der Waals surface area contributed by atoms with Crippen LogP contribution in [0.2, 0.25) is 0 Å². The van der Waals surface area contributed by atoms with Gasteiger partial charge in [-0.25, -0.2) is 4.39 Å². The van der Waals surface area contributed by atoms with E-state index in [4.69, 9.17) is 4.74 Å². The van der Waals surface area contributed by atoms with Crippen LogP contribution in [0.3, 0.4) is 0 Å². The van der Waals surface area contributed by atoms with E-state index >= 15 is 0 Å². The second-order valence-corrected chi connectivity index (χ2v) is 5.03. The zero-order valence-corrected chi connectivity index (χ0v) is 11.8. The molecule has 0 spiro atoms. The lowest BCUT2D eigenvalue weighted by Crippen LogP contribution is -2.38. The average molecular weight is 280 g/mol. The van der Waals surface area contributed by atoms with Crippen molar-refractivity contribution in [1.82, 2.24) is 10.2 Å². The first-order chi connectivity index (χ1) is 9.66. The van der Waals surface area contributed by atoms with Crippen LogP contribution in [-0.4, -0.2) is 50.2 Å². The van der Waals surface area contributed by atoms with Gasteiger partial charge in [0.2, 0.25) is 0 Å². The molecule has 0 saturated carbocycles. The van der Waals surface area contributed by atoms with Crippen LogP contribution in [0.4, 0.5) is 4.39 Å². The summed E-state index contributed by atoms with van der Waals surface area (Å²) in [5.74, 6) is -0.427. The number of ether oxygens (including phenoxy) is 1. The third kappa shape index (κ3) is 4.28. The number of benzene rings is 1. The standard InChI is InChI=1S/C15H21FN2O2/c1-12-11-13(3-4-14(12)16)15(19)17-5-2-6-18-7-9-20-10-8-18/h3-4,11H,2,5-10H2,1H3,(H,17,19). The molecule has 0 radical (unpaired) electrons. The van der Waals surface area contributed by atoms with Gasteiger partial charge in [0.25, 0.3) is 5.91 Å². The van der Waals surface area contributed by atoms with Crippen molar-refractivity contribution in [3.8, 4) is 0 Å². The van der Waals surface area contributed by atoms with Crippen LogP contribution in [0.15, 0.2) is 18.2 Å². The lowest BCUT2D eigenvalue weighted by Gasteiger charge is -2.26. The summed E-state index contributed by atoms with van der Waals surface area (Å²) < 4.78 is 18.4. The van der Waals surface area contributed by atoms with E-state index in [1.807, 2.05) is 0 Å². The Hall–Kier alpha value is -1.46. The highest BCUT2D eigenvalue weighted by molar-refractivity contribution is 5.94. The molecule has 1 fully saturated rings. The maximum Gasteiger partial charge on any atom is 0.251 e. The topological polar surface area (TPSA) is 41.6 Å². The second-order valence-electron chi connectivity index (χ2n) is 5.03. The molecular formula is C15H21FN2O2. The van der Waals surface area contributed by atoms with E-state index in [1.54, 1.807) is 13.0 Å². The third-order valence-corrected chi connectivity index (χ3v) is 3.46. The summed E-state index contributed by atoms with van der Waals surface area (Å²) >= 11 is 0. The van der Waals surface area contributed by atoms with E-state index in [0.717, 1.165) is 39.3 Å². The lowest BCUT2D eigenvalue weighted by molar-refractivity contribution is 0.0374. The number of morpholine rings is 1. The van der Waals surface area contributed by atoms with Crippen LogP contribution >= 0.6 is 0 Å². The summed E-state index contributed by atoms with van der Waals surface area (Å²) in [6, 6.07) is 4.42. The molecule has 1 saturated heterocycles. The Morgan fingerprint density at radius 2 is 2.15 bits per heavy atom. The molecule has 1 aliphatic heterocycles. The summed E-state index contributed by atoms with van der Waals surface area (Å²) in [7, 11) is 0. The number of hydrogen-bond acceptors (Lipinski definition) is 3. The van der Waals surface area contributed by atoms with Gasteiger partial charge in [-0.05, 0) is 43.7 Å². The number of amides is 1. The minimum Gasteiger partial charge on any atom is -0.379 e. The summed E-state index contributed by atoms with van der Waals surface area (Å²) in [5, 5.41) is 2.87. The van der Waals surface area contributed by atoms with Gasteiger partial charge in [-0.15, -0.1) is 0 Å². The van der Waals surface area contributed by atoms with Crippen molar-refractivity contribution in [3.05, 3.63) is 35.1 Å². The van der Waals surface area contributed by atoms with Crippen molar-refractivity contribution in [2.24, 2.45) is 0 Å². The largest absolute Gasteiger partial charge is 0.379 e. The monoisotopic (exact) mass is 280 g/mol. The quantitative estimate of drug-likeness (QED) is 0.833. The summed E-state index contributed by atoms with van der Waals surface area (Å²) in [4.78, 5) is 14.2. The number of carbonyl (C=O) groups is 1. The Morgan fingerprint density at radius 3 is 2.85 bits per heavy atom. The predicted molar refractivity (Wildman–Crippen MR) is 75.3 cm³/mol. The number of halogens is 1.